The quantitative estimate of drug-likeness (QED) is 0.596. The topological polar surface area (TPSA) is 9.23 Å². The molecule has 0 aromatic heterocycles. The molecule has 4 heteroatoms. The Kier molecular flexibility index (Phi) is 4.07. The molecule has 1 aromatic rings. The molecule has 0 radical (unpaired) electrons. The van der Waals surface area contributed by atoms with E-state index in [2.05, 4.69) is 15.9 Å². The van der Waals surface area contributed by atoms with Gasteiger partial charge in [0.1, 0.15) is 11.6 Å². The minimum Gasteiger partial charge on any atom is -0.501 e. The molecule has 0 saturated carbocycles. The van der Waals surface area contributed by atoms with Gasteiger partial charge in [-0.1, -0.05) is 0 Å². The fraction of sp³-hybridized carbons (Fsp3) is 0.200. The number of hydrogen-bond acceptors (Lipinski definition) is 1. The number of rotatable bonds is 3. The van der Waals surface area contributed by atoms with Crippen LogP contribution in [0.25, 0.3) is 6.08 Å². The van der Waals surface area contributed by atoms with Gasteiger partial charge in [0.15, 0.2) is 0 Å². The van der Waals surface area contributed by atoms with Crippen LogP contribution >= 0.6 is 15.9 Å². The molecular weight excluding hydrogens is 254 g/mol. The molecule has 0 heterocycles. The number of halogens is 3. The summed E-state index contributed by atoms with van der Waals surface area (Å²) < 4.78 is 31.1. The first-order chi connectivity index (χ1) is 6.65. The molecule has 1 aromatic carbocycles. The van der Waals surface area contributed by atoms with E-state index in [-0.39, 0.29) is 10.0 Å². The maximum Gasteiger partial charge on any atom is 0.138 e. The van der Waals surface area contributed by atoms with Crippen LogP contribution in [0.5, 0.6) is 0 Å². The van der Waals surface area contributed by atoms with Gasteiger partial charge >= 0.3 is 0 Å². The predicted molar refractivity (Wildman–Crippen MR) is 54.7 cm³/mol. The van der Waals surface area contributed by atoms with E-state index in [9.17, 15) is 8.78 Å². The van der Waals surface area contributed by atoms with E-state index < -0.39 is 11.6 Å². The van der Waals surface area contributed by atoms with Gasteiger partial charge in [-0.2, -0.15) is 0 Å². The predicted octanol–water partition coefficient (Wildman–Crippen LogP) is 3.73. The third-order valence-electron chi connectivity index (χ3n) is 1.55. The average Bonchev–Trinajstić information content (AvgIpc) is 2.14. The van der Waals surface area contributed by atoms with Crippen molar-refractivity contribution in [1.29, 1.82) is 0 Å². The van der Waals surface area contributed by atoms with Crippen molar-refractivity contribution in [1.82, 2.24) is 0 Å². The third-order valence-corrected chi connectivity index (χ3v) is 2.16. The van der Waals surface area contributed by atoms with Gasteiger partial charge in [-0.15, -0.1) is 0 Å². The van der Waals surface area contributed by atoms with E-state index in [4.69, 9.17) is 4.74 Å². The maximum atomic E-state index is 13.2. The molecule has 0 aliphatic heterocycles. The number of hydrogen-bond donors (Lipinski definition) is 0. The normalized spacial score (nSPS) is 10.9. The molecular formula is C10H9BrF2O. The molecule has 0 amide bonds. The van der Waals surface area contributed by atoms with Gasteiger partial charge in [-0.25, -0.2) is 8.78 Å². The van der Waals surface area contributed by atoms with Crippen LogP contribution in [0.4, 0.5) is 8.78 Å². The molecule has 0 aliphatic rings. The van der Waals surface area contributed by atoms with E-state index in [0.29, 0.717) is 6.61 Å². The Morgan fingerprint density at radius 1 is 1.36 bits per heavy atom. The van der Waals surface area contributed by atoms with Crippen LogP contribution in [0.15, 0.2) is 22.9 Å². The average molecular weight is 263 g/mol. The molecule has 0 fully saturated rings. The molecule has 0 saturated heterocycles. The van der Waals surface area contributed by atoms with Gasteiger partial charge in [0.2, 0.25) is 0 Å². The van der Waals surface area contributed by atoms with Crippen LogP contribution in [-0.2, 0) is 4.74 Å². The van der Waals surface area contributed by atoms with Gasteiger partial charge < -0.3 is 4.74 Å². The summed E-state index contributed by atoms with van der Waals surface area (Å²) in [5.74, 6) is -0.989. The minimum atomic E-state index is -0.498. The Morgan fingerprint density at radius 3 is 2.71 bits per heavy atom. The van der Waals surface area contributed by atoms with Crippen molar-refractivity contribution in [2.75, 3.05) is 6.61 Å². The van der Waals surface area contributed by atoms with Gasteiger partial charge in [0.05, 0.1) is 17.3 Å². The highest BCUT2D eigenvalue weighted by Crippen LogP contribution is 2.20. The summed E-state index contributed by atoms with van der Waals surface area (Å²) >= 11 is 2.89. The van der Waals surface area contributed by atoms with Crippen LogP contribution in [0.2, 0.25) is 0 Å². The monoisotopic (exact) mass is 262 g/mol. The van der Waals surface area contributed by atoms with Gasteiger partial charge in [0, 0.05) is 5.56 Å². The molecule has 0 bridgehead atoms. The summed E-state index contributed by atoms with van der Waals surface area (Å²) in [6.45, 7) is 2.31. The third kappa shape index (κ3) is 2.80. The van der Waals surface area contributed by atoms with Crippen LogP contribution < -0.4 is 0 Å². The zero-order valence-electron chi connectivity index (χ0n) is 7.56. The molecule has 0 spiro atoms. The highest BCUT2D eigenvalue weighted by Gasteiger charge is 2.05. The first kappa shape index (κ1) is 11.2. The summed E-state index contributed by atoms with van der Waals surface area (Å²) in [7, 11) is 0. The van der Waals surface area contributed by atoms with Crippen molar-refractivity contribution >= 4 is 22.0 Å². The van der Waals surface area contributed by atoms with Crippen molar-refractivity contribution in [2.24, 2.45) is 0 Å². The van der Waals surface area contributed by atoms with Crippen LogP contribution in [0.1, 0.15) is 12.5 Å². The standard InChI is InChI=1S/C10H9BrF2O/c1-2-14-4-3-7-5-10(13)8(11)6-9(7)12/h3-6H,2H2,1H3/b4-3+. The summed E-state index contributed by atoms with van der Waals surface area (Å²) in [6, 6.07) is 2.19. The van der Waals surface area contributed by atoms with Crippen LogP contribution in [0.3, 0.4) is 0 Å². The van der Waals surface area contributed by atoms with Crippen LogP contribution in [-0.4, -0.2) is 6.61 Å². The van der Waals surface area contributed by atoms with Gasteiger partial charge in [0.25, 0.3) is 0 Å². The van der Waals surface area contributed by atoms with Crippen molar-refractivity contribution in [3.05, 3.63) is 40.1 Å². The van der Waals surface area contributed by atoms with E-state index in [1.165, 1.54) is 12.3 Å². The second-order valence-corrected chi connectivity index (χ2v) is 3.40. The Hall–Kier alpha value is -0.900. The highest BCUT2D eigenvalue weighted by atomic mass is 79.9. The molecule has 1 nitrogen and oxygen atoms in total. The Morgan fingerprint density at radius 2 is 2.07 bits per heavy atom. The lowest BCUT2D eigenvalue weighted by atomic mass is 10.2. The van der Waals surface area contributed by atoms with Gasteiger partial charge in [-0.3, -0.25) is 0 Å². The maximum absolute atomic E-state index is 13.2. The second kappa shape index (κ2) is 5.10. The Bertz CT molecular complexity index is 350. The highest BCUT2D eigenvalue weighted by molar-refractivity contribution is 9.10. The van der Waals surface area contributed by atoms with E-state index in [1.54, 1.807) is 0 Å². The van der Waals surface area contributed by atoms with Crippen molar-refractivity contribution in [3.8, 4) is 0 Å². The molecule has 0 atom stereocenters. The summed E-state index contributed by atoms with van der Waals surface area (Å²) in [5.41, 5.74) is 0.166. The lowest BCUT2D eigenvalue weighted by Gasteiger charge is -1.99. The summed E-state index contributed by atoms with van der Waals surface area (Å²) in [4.78, 5) is 0. The second-order valence-electron chi connectivity index (χ2n) is 2.55. The molecule has 1 rings (SSSR count). The summed E-state index contributed by atoms with van der Waals surface area (Å²) in [5, 5.41) is 0. The molecule has 0 aliphatic carbocycles. The minimum absolute atomic E-state index is 0.114. The number of ether oxygens (including phenoxy) is 1. The van der Waals surface area contributed by atoms with E-state index >= 15 is 0 Å². The molecule has 0 unspecified atom stereocenters. The lowest BCUT2D eigenvalue weighted by molar-refractivity contribution is 0.272. The molecule has 76 valence electrons. The first-order valence-corrected chi connectivity index (χ1v) is 4.87. The largest absolute Gasteiger partial charge is 0.501 e. The van der Waals surface area contributed by atoms with Gasteiger partial charge in [-0.05, 0) is 41.1 Å². The smallest absolute Gasteiger partial charge is 0.138 e. The summed E-state index contributed by atoms with van der Waals surface area (Å²) in [6.07, 6.45) is 2.72. The fourth-order valence-electron chi connectivity index (χ4n) is 0.883. The zero-order chi connectivity index (χ0) is 10.6. The first-order valence-electron chi connectivity index (χ1n) is 4.08. The van der Waals surface area contributed by atoms with Crippen molar-refractivity contribution in [3.63, 3.8) is 0 Å². The van der Waals surface area contributed by atoms with Crippen LogP contribution in [0, 0.1) is 11.6 Å². The Labute approximate surface area is 89.5 Å². The Balaban J connectivity index is 2.92. The van der Waals surface area contributed by atoms with Crippen molar-refractivity contribution < 1.29 is 13.5 Å². The van der Waals surface area contributed by atoms with Crippen molar-refractivity contribution in [2.45, 2.75) is 6.92 Å². The van der Waals surface area contributed by atoms with E-state index in [0.717, 1.165) is 12.1 Å². The SMILES string of the molecule is CCO/C=C/c1cc(F)c(Br)cc1F. The zero-order valence-corrected chi connectivity index (χ0v) is 9.14. The lowest BCUT2D eigenvalue weighted by Crippen LogP contribution is -1.87. The van der Waals surface area contributed by atoms with E-state index in [1.807, 2.05) is 6.92 Å². The number of benzene rings is 1. The fourth-order valence-corrected chi connectivity index (χ4v) is 1.20. The molecule has 14 heavy (non-hydrogen) atoms. The molecule has 0 N–H and O–H groups in total.